The fourth-order valence-electron chi connectivity index (χ4n) is 7.79. The molecule has 4 aliphatic rings. The maximum absolute atomic E-state index is 12.9. The lowest BCUT2D eigenvalue weighted by molar-refractivity contribution is -0.136. The molecule has 0 aromatic carbocycles. The van der Waals surface area contributed by atoms with Gasteiger partial charge in [-0.15, -0.1) is 11.3 Å². The van der Waals surface area contributed by atoms with Crippen LogP contribution in [0.3, 0.4) is 0 Å². The van der Waals surface area contributed by atoms with Crippen molar-refractivity contribution in [2.75, 3.05) is 18.4 Å². The van der Waals surface area contributed by atoms with Crippen molar-refractivity contribution in [3.05, 3.63) is 39.6 Å². The van der Waals surface area contributed by atoms with Gasteiger partial charge in [0.25, 0.3) is 5.91 Å². The molecule has 3 aromatic heterocycles. The third-order valence-electron chi connectivity index (χ3n) is 11.1. The van der Waals surface area contributed by atoms with Crippen LogP contribution in [0.4, 0.5) is 10.7 Å². The van der Waals surface area contributed by atoms with Gasteiger partial charge in [0.15, 0.2) is 5.82 Å². The van der Waals surface area contributed by atoms with Crippen LogP contribution in [0, 0.1) is 5.92 Å². The van der Waals surface area contributed by atoms with Gasteiger partial charge in [0, 0.05) is 49.2 Å². The number of nitrogens with zero attached hydrogens (tertiary/aromatic N) is 6. The molecule has 0 spiro atoms. The van der Waals surface area contributed by atoms with Gasteiger partial charge in [0.2, 0.25) is 17.8 Å². The standard InChI is InChI=1S/C38H53N11O4S/c1-48-31(18-24-8-9-24)29(21-44-48)34-42-23-43-37(47-34)45-27-12-10-26(11-13-27)39-16-6-4-2-3-5-7-17-40-38(53)41-20-28-19-25-22-49(36(52)33(25)54-28)30-14-15-32(50)46-35(30)51/h19,21,23-24,26-27,30,39H,2-18,20,22H2,1H3,(H2,40,41,53)(H,46,50,51)(H,42,43,45,47)/t26-,27-,30?. The van der Waals surface area contributed by atoms with Crippen LogP contribution in [0.2, 0.25) is 0 Å². The van der Waals surface area contributed by atoms with Gasteiger partial charge < -0.3 is 26.2 Å². The molecule has 5 N–H and O–H groups in total. The Morgan fingerprint density at radius 3 is 2.44 bits per heavy atom. The van der Waals surface area contributed by atoms with Gasteiger partial charge in [-0.2, -0.15) is 10.1 Å². The van der Waals surface area contributed by atoms with E-state index in [4.69, 9.17) is 4.98 Å². The van der Waals surface area contributed by atoms with Crippen molar-refractivity contribution in [3.63, 3.8) is 0 Å². The van der Waals surface area contributed by atoms with Gasteiger partial charge in [0.05, 0.1) is 23.2 Å². The van der Waals surface area contributed by atoms with E-state index in [-0.39, 0.29) is 24.3 Å². The van der Waals surface area contributed by atoms with Crippen LogP contribution < -0.4 is 26.6 Å². The molecule has 2 aliphatic carbocycles. The first-order valence-electron chi connectivity index (χ1n) is 19.8. The minimum atomic E-state index is -0.613. The first-order chi connectivity index (χ1) is 26.3. The van der Waals surface area contributed by atoms with Gasteiger partial charge in [-0.1, -0.05) is 25.7 Å². The van der Waals surface area contributed by atoms with E-state index in [1.165, 1.54) is 49.1 Å². The number of carbonyl (C=O) groups is 4. The van der Waals surface area contributed by atoms with Crippen LogP contribution in [0.5, 0.6) is 0 Å². The summed E-state index contributed by atoms with van der Waals surface area (Å²) in [6.07, 6.45) is 18.9. The van der Waals surface area contributed by atoms with Crippen LogP contribution >= 0.6 is 11.3 Å². The minimum absolute atomic E-state index is 0.186. The largest absolute Gasteiger partial charge is 0.351 e. The summed E-state index contributed by atoms with van der Waals surface area (Å²) in [5, 5.41) is 19.9. The Hall–Kier alpha value is -4.44. The van der Waals surface area contributed by atoms with E-state index >= 15 is 0 Å². The summed E-state index contributed by atoms with van der Waals surface area (Å²) in [6.45, 7) is 2.37. The highest BCUT2D eigenvalue weighted by atomic mass is 32.1. The number of amides is 5. The highest BCUT2D eigenvalue weighted by Gasteiger charge is 2.40. The zero-order valence-corrected chi connectivity index (χ0v) is 32.0. The number of hydrogen-bond donors (Lipinski definition) is 5. The number of hydrogen-bond acceptors (Lipinski definition) is 11. The molecule has 54 heavy (non-hydrogen) atoms. The molecule has 3 fully saturated rings. The Morgan fingerprint density at radius 2 is 1.69 bits per heavy atom. The maximum atomic E-state index is 12.9. The summed E-state index contributed by atoms with van der Waals surface area (Å²) in [5.74, 6) is 1.22. The molecule has 1 atom stereocenters. The highest BCUT2D eigenvalue weighted by Crippen LogP contribution is 2.36. The number of urea groups is 1. The molecule has 15 nitrogen and oxygen atoms in total. The van der Waals surface area contributed by atoms with Gasteiger partial charge in [0.1, 0.15) is 12.4 Å². The number of unbranched alkanes of at least 4 members (excludes halogenated alkanes) is 5. The van der Waals surface area contributed by atoms with Crippen molar-refractivity contribution in [1.82, 2.24) is 50.9 Å². The second-order valence-corrected chi connectivity index (χ2v) is 16.4. The van der Waals surface area contributed by atoms with E-state index in [1.54, 1.807) is 11.2 Å². The van der Waals surface area contributed by atoms with Crippen molar-refractivity contribution in [1.29, 1.82) is 0 Å². The number of thiophene rings is 1. The lowest BCUT2D eigenvalue weighted by Gasteiger charge is -2.29. The van der Waals surface area contributed by atoms with Crippen LogP contribution in [-0.2, 0) is 36.1 Å². The number of anilines is 1. The number of carbonyl (C=O) groups excluding carboxylic acids is 4. The van der Waals surface area contributed by atoms with E-state index in [9.17, 15) is 19.2 Å². The summed E-state index contributed by atoms with van der Waals surface area (Å²) < 4.78 is 1.96. The summed E-state index contributed by atoms with van der Waals surface area (Å²) in [6, 6.07) is 2.03. The Morgan fingerprint density at radius 1 is 0.926 bits per heavy atom. The van der Waals surface area contributed by atoms with Crippen LogP contribution in [0.1, 0.15) is 116 Å². The molecule has 1 unspecified atom stereocenters. The predicted molar refractivity (Wildman–Crippen MR) is 204 cm³/mol. The molecule has 0 bridgehead atoms. The lowest BCUT2D eigenvalue weighted by Crippen LogP contribution is -2.52. The third kappa shape index (κ3) is 9.80. The molecule has 1 saturated heterocycles. The Balaban J connectivity index is 0.690. The molecule has 3 aromatic rings. The van der Waals surface area contributed by atoms with E-state index < -0.39 is 11.9 Å². The van der Waals surface area contributed by atoms with Crippen LogP contribution in [-0.4, -0.2) is 84.6 Å². The smallest absolute Gasteiger partial charge is 0.315 e. The second kappa shape index (κ2) is 17.8. The van der Waals surface area contributed by atoms with Crippen molar-refractivity contribution in [2.24, 2.45) is 13.0 Å². The molecule has 16 heteroatoms. The monoisotopic (exact) mass is 759 g/mol. The Kier molecular flexibility index (Phi) is 12.5. The lowest BCUT2D eigenvalue weighted by atomic mass is 9.91. The Labute approximate surface area is 320 Å². The quantitative estimate of drug-likeness (QED) is 0.0930. The van der Waals surface area contributed by atoms with E-state index in [2.05, 4.69) is 41.7 Å². The van der Waals surface area contributed by atoms with Crippen molar-refractivity contribution in [3.8, 4) is 11.4 Å². The topological polar surface area (TPSA) is 188 Å². The molecule has 5 heterocycles. The molecule has 2 saturated carbocycles. The van der Waals surface area contributed by atoms with E-state index in [0.717, 1.165) is 79.8 Å². The molecular weight excluding hydrogens is 707 g/mol. The summed E-state index contributed by atoms with van der Waals surface area (Å²) in [5.41, 5.74) is 3.09. The minimum Gasteiger partial charge on any atom is -0.351 e. The van der Waals surface area contributed by atoms with Crippen molar-refractivity contribution >= 4 is 41.0 Å². The van der Waals surface area contributed by atoms with Gasteiger partial charge in [-0.3, -0.25) is 24.4 Å². The van der Waals surface area contributed by atoms with Crippen LogP contribution in [0.15, 0.2) is 18.6 Å². The number of imide groups is 1. The fourth-order valence-corrected chi connectivity index (χ4v) is 8.86. The number of aromatic nitrogens is 5. The molecule has 5 amide bonds. The first-order valence-corrected chi connectivity index (χ1v) is 20.6. The van der Waals surface area contributed by atoms with Gasteiger partial charge >= 0.3 is 6.03 Å². The molecule has 0 radical (unpaired) electrons. The average molecular weight is 760 g/mol. The van der Waals surface area contributed by atoms with Crippen molar-refractivity contribution < 1.29 is 19.2 Å². The Bertz CT molecular complexity index is 1800. The summed E-state index contributed by atoms with van der Waals surface area (Å²) >= 11 is 1.35. The SMILES string of the molecule is Cn1ncc(-c2ncnc(N[C@H]3CC[C@H](NCCCCCCCCNC(=O)NCc4cc5c(s4)C(=O)N(C4CCC(=O)NC4=O)C5)CC3)n2)c1CC1CC1. The second-order valence-electron chi connectivity index (χ2n) is 15.3. The van der Waals surface area contributed by atoms with E-state index in [1.807, 2.05) is 24.0 Å². The number of aryl methyl sites for hydroxylation is 1. The zero-order chi connectivity index (χ0) is 37.4. The predicted octanol–water partition coefficient (Wildman–Crippen LogP) is 4.20. The number of piperidine rings is 1. The molecule has 2 aliphatic heterocycles. The number of fused-ring (bicyclic) bond motifs is 1. The molecule has 7 rings (SSSR count). The normalized spacial score (nSPS) is 21.2. The number of rotatable bonds is 18. The van der Waals surface area contributed by atoms with Crippen molar-refractivity contribution in [2.45, 2.75) is 128 Å². The third-order valence-corrected chi connectivity index (χ3v) is 12.3. The summed E-state index contributed by atoms with van der Waals surface area (Å²) in [7, 11) is 2.00. The van der Waals surface area contributed by atoms with Crippen LogP contribution in [0.25, 0.3) is 11.4 Å². The molecular formula is C38H53N11O4S. The van der Waals surface area contributed by atoms with E-state index in [0.29, 0.717) is 54.8 Å². The average Bonchev–Trinajstić information content (AvgIpc) is 3.67. The zero-order valence-electron chi connectivity index (χ0n) is 31.2. The van der Waals surface area contributed by atoms with Gasteiger partial charge in [-0.25, -0.2) is 14.8 Å². The first kappa shape index (κ1) is 37.9. The molecule has 290 valence electrons. The fraction of sp³-hybridized carbons (Fsp3) is 0.632. The maximum Gasteiger partial charge on any atom is 0.315 e. The number of nitrogens with one attached hydrogen (secondary N) is 5. The van der Waals surface area contributed by atoms with Gasteiger partial charge in [-0.05, 0) is 88.3 Å². The highest BCUT2D eigenvalue weighted by molar-refractivity contribution is 7.14. The summed E-state index contributed by atoms with van der Waals surface area (Å²) in [4.78, 5) is 65.6.